The van der Waals surface area contributed by atoms with Crippen molar-refractivity contribution in [1.82, 2.24) is 15.2 Å². The van der Waals surface area contributed by atoms with Gasteiger partial charge >= 0.3 is 0 Å². The first kappa shape index (κ1) is 27.1. The summed E-state index contributed by atoms with van der Waals surface area (Å²) in [5, 5.41) is 7.98. The third-order valence-corrected chi connectivity index (χ3v) is 6.00. The highest BCUT2D eigenvalue weighted by Gasteiger charge is 2.15. The summed E-state index contributed by atoms with van der Waals surface area (Å²) >= 11 is 0. The first-order valence-corrected chi connectivity index (χ1v) is 12.3. The van der Waals surface area contributed by atoms with Gasteiger partial charge in [-0.3, -0.25) is 4.99 Å². The summed E-state index contributed by atoms with van der Waals surface area (Å²) in [6.45, 7) is 20.1. The molecule has 4 heteroatoms. The molecule has 1 aliphatic heterocycles. The van der Waals surface area contributed by atoms with Crippen LogP contribution in [-0.2, 0) is 7.05 Å². The van der Waals surface area contributed by atoms with E-state index in [1.165, 1.54) is 38.9 Å². The van der Waals surface area contributed by atoms with Crippen molar-refractivity contribution >= 4 is 28.3 Å². The molecule has 0 unspecified atom stereocenters. The van der Waals surface area contributed by atoms with Gasteiger partial charge in [-0.05, 0) is 73.9 Å². The molecular weight excluding hydrogens is 416 g/mol. The number of aryl methyl sites for hydroxylation is 2. The molecule has 0 fully saturated rings. The topological polar surface area (TPSA) is 41.4 Å². The highest BCUT2D eigenvalue weighted by molar-refractivity contribution is 6.11. The van der Waals surface area contributed by atoms with Gasteiger partial charge in [0.15, 0.2) is 0 Å². The fraction of sp³-hybridized carbons (Fsp3) is 0.367. The Bertz CT molecular complexity index is 1140. The number of nitrogens with zero attached hydrogens (tertiary/aromatic N) is 2. The van der Waals surface area contributed by atoms with Gasteiger partial charge in [0.1, 0.15) is 0 Å². The van der Waals surface area contributed by atoms with Crippen molar-refractivity contribution in [1.29, 1.82) is 0 Å². The molecule has 0 aliphatic carbocycles. The summed E-state index contributed by atoms with van der Waals surface area (Å²) in [6, 6.07) is 6.71. The maximum atomic E-state index is 4.64. The van der Waals surface area contributed by atoms with Crippen molar-refractivity contribution in [2.24, 2.45) is 12.0 Å². The Kier molecular flexibility index (Phi) is 10.8. The summed E-state index contributed by atoms with van der Waals surface area (Å²) in [5.41, 5.74) is 9.55. The van der Waals surface area contributed by atoms with Crippen LogP contribution in [0.1, 0.15) is 51.4 Å². The van der Waals surface area contributed by atoms with Crippen LogP contribution < -0.4 is 10.6 Å². The Balaban J connectivity index is 0.00000199. The molecule has 0 saturated heterocycles. The van der Waals surface area contributed by atoms with E-state index < -0.39 is 0 Å². The predicted octanol–water partition coefficient (Wildman–Crippen LogP) is 6.60. The number of hydrogen-bond acceptors (Lipinski definition) is 3. The fourth-order valence-corrected chi connectivity index (χ4v) is 3.97. The van der Waals surface area contributed by atoms with Gasteiger partial charge in [-0.25, -0.2) is 0 Å². The first-order chi connectivity index (χ1) is 16.4. The van der Waals surface area contributed by atoms with Crippen LogP contribution in [0.5, 0.6) is 0 Å². The van der Waals surface area contributed by atoms with E-state index in [-0.39, 0.29) is 0 Å². The number of aliphatic imine (C=N–C) groups is 1. The Morgan fingerprint density at radius 2 is 1.91 bits per heavy atom. The molecule has 3 rings (SSSR count). The molecule has 0 amide bonds. The maximum absolute atomic E-state index is 4.64. The summed E-state index contributed by atoms with van der Waals surface area (Å²) in [7, 11) is 2.15. The van der Waals surface area contributed by atoms with E-state index in [9.17, 15) is 0 Å². The zero-order chi connectivity index (χ0) is 25.1. The van der Waals surface area contributed by atoms with Crippen molar-refractivity contribution in [3.63, 3.8) is 0 Å². The van der Waals surface area contributed by atoms with Crippen LogP contribution in [0.2, 0.25) is 0 Å². The standard InChI is InChI=1S/C28H36N4.C2H6/c1-7-23(17-21(4)20(2)3)28-22(5)26-11-10-24(18-27(26)32(28)6)25-9-8-12-29-13-14-30-15-16-31-19-25;1-2/h7-12,17-19,29-30H,2,13-16H2,1,3-6H3;1-2H3/b12-8+,21-17-,23-7+,25-9+,31-19?;. The third kappa shape index (κ3) is 6.71. The molecular formula is C30H42N4. The quantitative estimate of drug-likeness (QED) is 0.507. The van der Waals surface area contributed by atoms with E-state index in [2.05, 4.69) is 104 Å². The maximum Gasteiger partial charge on any atom is 0.0515 e. The van der Waals surface area contributed by atoms with E-state index in [4.69, 9.17) is 0 Å². The van der Waals surface area contributed by atoms with Crippen LogP contribution >= 0.6 is 0 Å². The Hall–Kier alpha value is -3.11. The van der Waals surface area contributed by atoms with Crippen LogP contribution in [0.3, 0.4) is 0 Å². The molecule has 4 nitrogen and oxygen atoms in total. The number of allylic oxidation sites excluding steroid dienone is 8. The first-order valence-electron chi connectivity index (χ1n) is 12.3. The van der Waals surface area contributed by atoms with Gasteiger partial charge in [-0.1, -0.05) is 56.4 Å². The molecule has 1 aromatic heterocycles. The second-order valence-corrected chi connectivity index (χ2v) is 8.34. The van der Waals surface area contributed by atoms with Gasteiger partial charge in [-0.2, -0.15) is 0 Å². The molecule has 1 aromatic carbocycles. The van der Waals surface area contributed by atoms with Crippen molar-refractivity contribution < 1.29 is 0 Å². The van der Waals surface area contributed by atoms with Gasteiger partial charge in [0.05, 0.1) is 12.2 Å². The minimum Gasteiger partial charge on any atom is -0.390 e. The molecule has 2 aromatic rings. The van der Waals surface area contributed by atoms with E-state index >= 15 is 0 Å². The van der Waals surface area contributed by atoms with Crippen molar-refractivity contribution in [3.8, 4) is 0 Å². The number of rotatable bonds is 4. The predicted molar refractivity (Wildman–Crippen MR) is 153 cm³/mol. The molecule has 1 aliphatic rings. The van der Waals surface area contributed by atoms with Gasteiger partial charge in [0.25, 0.3) is 0 Å². The molecule has 34 heavy (non-hydrogen) atoms. The molecule has 182 valence electrons. The molecule has 0 spiro atoms. The minimum absolute atomic E-state index is 0.774. The average Bonchev–Trinajstić information content (AvgIpc) is 3.08. The van der Waals surface area contributed by atoms with Gasteiger partial charge < -0.3 is 15.2 Å². The molecule has 2 heterocycles. The lowest BCUT2D eigenvalue weighted by Crippen LogP contribution is -2.26. The minimum atomic E-state index is 0.774. The zero-order valence-corrected chi connectivity index (χ0v) is 22.1. The van der Waals surface area contributed by atoms with Crippen LogP contribution in [0.4, 0.5) is 0 Å². The molecule has 0 saturated carbocycles. The molecule has 0 atom stereocenters. The van der Waals surface area contributed by atoms with Gasteiger partial charge in [0.2, 0.25) is 0 Å². The zero-order valence-electron chi connectivity index (χ0n) is 22.1. The van der Waals surface area contributed by atoms with E-state index in [1.807, 2.05) is 26.3 Å². The Morgan fingerprint density at radius 3 is 2.62 bits per heavy atom. The molecule has 0 radical (unpaired) electrons. The van der Waals surface area contributed by atoms with Crippen LogP contribution in [0, 0.1) is 6.92 Å². The Labute approximate surface area is 206 Å². The van der Waals surface area contributed by atoms with Gasteiger partial charge in [-0.15, -0.1) is 0 Å². The second-order valence-electron chi connectivity index (χ2n) is 8.34. The van der Waals surface area contributed by atoms with E-state index in [0.717, 1.165) is 37.3 Å². The van der Waals surface area contributed by atoms with E-state index in [0.29, 0.717) is 0 Å². The van der Waals surface area contributed by atoms with E-state index in [1.54, 1.807) is 0 Å². The van der Waals surface area contributed by atoms with Crippen molar-refractivity contribution in [2.75, 3.05) is 26.2 Å². The summed E-state index contributed by atoms with van der Waals surface area (Å²) in [5.74, 6) is 0. The number of nitrogens with one attached hydrogen (secondary N) is 2. The Morgan fingerprint density at radius 1 is 1.15 bits per heavy atom. The highest BCUT2D eigenvalue weighted by atomic mass is 15.0. The molecule has 2 N–H and O–H groups in total. The van der Waals surface area contributed by atoms with Crippen molar-refractivity contribution in [2.45, 2.75) is 41.5 Å². The lowest BCUT2D eigenvalue weighted by molar-refractivity contribution is 0.667. The fourth-order valence-electron chi connectivity index (χ4n) is 3.97. The van der Waals surface area contributed by atoms with Crippen LogP contribution in [-0.4, -0.2) is 37.0 Å². The van der Waals surface area contributed by atoms with Crippen LogP contribution in [0.15, 0.2) is 71.4 Å². The number of aromatic nitrogens is 1. The second kappa shape index (κ2) is 13.6. The summed E-state index contributed by atoms with van der Waals surface area (Å²) in [4.78, 5) is 4.64. The number of fused-ring (bicyclic) bond motifs is 1. The van der Waals surface area contributed by atoms with Gasteiger partial charge in [0, 0.05) is 43.8 Å². The highest BCUT2D eigenvalue weighted by Crippen LogP contribution is 2.33. The SMILES string of the molecule is C=C(C)/C(C)=C\C(=C/C)c1c(C)c2ccc(/C3=C/C=C/NCCNCCN=C3)cc2n1C.CC. The third-order valence-electron chi connectivity index (χ3n) is 6.00. The van der Waals surface area contributed by atoms with Crippen molar-refractivity contribution in [3.05, 3.63) is 83.2 Å². The summed E-state index contributed by atoms with van der Waals surface area (Å²) in [6.07, 6.45) is 12.6. The average molecular weight is 459 g/mol. The number of benzene rings is 1. The lowest BCUT2D eigenvalue weighted by Gasteiger charge is -2.09. The normalized spacial score (nSPS) is 18.0. The number of hydrogen-bond donors (Lipinski definition) is 2. The largest absolute Gasteiger partial charge is 0.390 e. The molecule has 0 bridgehead atoms. The smallest absolute Gasteiger partial charge is 0.0515 e. The monoisotopic (exact) mass is 458 g/mol. The van der Waals surface area contributed by atoms with Crippen LogP contribution in [0.25, 0.3) is 22.0 Å². The summed E-state index contributed by atoms with van der Waals surface area (Å²) < 4.78 is 2.31. The lowest BCUT2D eigenvalue weighted by atomic mass is 10.0.